The smallest absolute Gasteiger partial charge is 0.310 e. The van der Waals surface area contributed by atoms with E-state index in [-0.39, 0.29) is 24.2 Å². The average molecular weight is 749 g/mol. The quantitative estimate of drug-likeness (QED) is 0.149. The second kappa shape index (κ2) is 16.5. The minimum Gasteiger partial charge on any atom is -0.466 e. The lowest BCUT2D eigenvalue weighted by molar-refractivity contribution is -0.142. The van der Waals surface area contributed by atoms with Gasteiger partial charge < -0.3 is 15.2 Å². The summed E-state index contributed by atoms with van der Waals surface area (Å²) in [7, 11) is 0. The molecule has 3 heterocycles. The molecule has 53 heavy (non-hydrogen) atoms. The van der Waals surface area contributed by atoms with Gasteiger partial charge in [0.2, 0.25) is 5.91 Å². The van der Waals surface area contributed by atoms with Crippen LogP contribution in [0.4, 0.5) is 5.82 Å². The van der Waals surface area contributed by atoms with Crippen molar-refractivity contribution in [3.63, 3.8) is 0 Å². The van der Waals surface area contributed by atoms with E-state index < -0.39 is 5.60 Å². The Hall–Kier alpha value is -4.70. The Bertz CT molecular complexity index is 2250. The highest BCUT2D eigenvalue weighted by Gasteiger charge is 2.22. The Kier molecular flexibility index (Phi) is 11.9. The van der Waals surface area contributed by atoms with Crippen LogP contribution >= 0.6 is 22.9 Å². The van der Waals surface area contributed by atoms with Crippen molar-refractivity contribution in [1.82, 2.24) is 15.0 Å². The van der Waals surface area contributed by atoms with E-state index in [1.165, 1.54) is 6.42 Å². The average Bonchev–Trinajstić information content (AvgIpc) is 3.55. The number of benzene rings is 3. The number of hydrogen-bond donors (Lipinski definition) is 2. The van der Waals surface area contributed by atoms with E-state index in [0.717, 1.165) is 90.9 Å². The summed E-state index contributed by atoms with van der Waals surface area (Å²) >= 11 is 7.83. The zero-order chi connectivity index (χ0) is 37.7. The molecule has 1 fully saturated rings. The summed E-state index contributed by atoms with van der Waals surface area (Å²) in [5, 5.41) is 14.0. The molecule has 0 atom stereocenters. The van der Waals surface area contributed by atoms with Crippen LogP contribution in [0.1, 0.15) is 70.9 Å². The monoisotopic (exact) mass is 748 g/mol. The first-order valence-electron chi connectivity index (χ1n) is 18.1. The predicted octanol–water partition coefficient (Wildman–Crippen LogP) is 10.6. The van der Waals surface area contributed by atoms with Crippen molar-refractivity contribution >= 4 is 61.8 Å². The molecule has 6 aromatic rings. The van der Waals surface area contributed by atoms with E-state index in [9.17, 15) is 9.59 Å². The summed E-state index contributed by atoms with van der Waals surface area (Å²) in [5.41, 5.74) is 7.76. The van der Waals surface area contributed by atoms with E-state index in [1.54, 1.807) is 38.3 Å². The summed E-state index contributed by atoms with van der Waals surface area (Å²) in [6.45, 7) is 9.39. The number of anilines is 1. The molecule has 1 aliphatic carbocycles. The largest absolute Gasteiger partial charge is 0.466 e. The molecule has 10 heteroatoms. The number of aliphatic hydroxyl groups is 1. The SMILES string of the molecule is CC(C)(C)O.CCOC(=O)Cc1c(C)cc2nc(-c3ccnc(-c4ccc5nc(NC(=O)C6CCCCC6)ccc5c4)c3)sc2c1-c1ccc(Cl)cc1. The molecule has 0 unspecified atom stereocenters. The molecule has 3 aromatic carbocycles. The molecule has 0 spiro atoms. The van der Waals surface area contributed by atoms with Crippen molar-refractivity contribution in [2.24, 2.45) is 5.92 Å². The highest BCUT2D eigenvalue weighted by molar-refractivity contribution is 7.22. The lowest BCUT2D eigenvalue weighted by Crippen LogP contribution is -2.25. The first kappa shape index (κ1) is 38.0. The second-order valence-corrected chi connectivity index (χ2v) is 15.9. The molecule has 0 bridgehead atoms. The number of amides is 1. The van der Waals surface area contributed by atoms with Crippen LogP contribution in [-0.4, -0.2) is 44.1 Å². The number of aromatic nitrogens is 3. The van der Waals surface area contributed by atoms with Crippen LogP contribution in [0.3, 0.4) is 0 Å². The Labute approximate surface area is 319 Å². The van der Waals surface area contributed by atoms with Gasteiger partial charge >= 0.3 is 5.97 Å². The fourth-order valence-corrected chi connectivity index (χ4v) is 7.79. The van der Waals surface area contributed by atoms with Crippen molar-refractivity contribution in [1.29, 1.82) is 0 Å². The Balaban J connectivity index is 0.000000902. The first-order valence-corrected chi connectivity index (χ1v) is 19.3. The molecule has 7 rings (SSSR count). The van der Waals surface area contributed by atoms with Gasteiger partial charge in [0, 0.05) is 39.2 Å². The minimum absolute atomic E-state index is 0.0692. The number of nitrogens with one attached hydrogen (secondary N) is 1. The molecule has 3 aromatic heterocycles. The number of carbonyl (C=O) groups is 2. The standard InChI is InChI=1S/C39H35ClN4O3S.C4H10O/c1-3-47-35(45)22-30-23(2)19-33-37(36(30)24-9-13-29(40)14-10-24)48-39(43-33)28-17-18-41-32(21-28)27-11-15-31-26(20-27)12-16-34(42-31)44-38(46)25-7-5-4-6-8-25;1-4(2,3)5/h9-21,25H,3-8,22H2,1-2H3,(H,42,44,46);5H,1-3H3. The van der Waals surface area contributed by atoms with Gasteiger partial charge in [0.25, 0.3) is 0 Å². The van der Waals surface area contributed by atoms with Gasteiger partial charge in [-0.05, 0) is 119 Å². The van der Waals surface area contributed by atoms with Crippen LogP contribution < -0.4 is 5.32 Å². The minimum atomic E-state index is -0.500. The number of halogens is 1. The maximum atomic E-state index is 12.8. The van der Waals surface area contributed by atoms with Crippen molar-refractivity contribution in [2.75, 3.05) is 11.9 Å². The number of fused-ring (bicyclic) bond motifs is 2. The number of ether oxygens (including phenoxy) is 1. The summed E-state index contributed by atoms with van der Waals surface area (Å²) in [4.78, 5) is 39.9. The highest BCUT2D eigenvalue weighted by Crippen LogP contribution is 2.41. The maximum absolute atomic E-state index is 12.8. The molecule has 2 N–H and O–H groups in total. The Morgan fingerprint density at radius 1 is 0.906 bits per heavy atom. The van der Waals surface area contributed by atoms with Crippen LogP contribution in [0.15, 0.2) is 79.0 Å². The summed E-state index contributed by atoms with van der Waals surface area (Å²) in [5.74, 6) is 0.469. The number of hydrogen-bond acceptors (Lipinski definition) is 8. The van der Waals surface area contributed by atoms with E-state index in [4.69, 9.17) is 36.4 Å². The molecule has 1 saturated carbocycles. The normalized spacial score (nSPS) is 13.4. The number of carbonyl (C=O) groups excluding carboxylic acids is 2. The van der Waals surface area contributed by atoms with Crippen molar-refractivity contribution < 1.29 is 19.4 Å². The van der Waals surface area contributed by atoms with Gasteiger partial charge in [0.15, 0.2) is 0 Å². The van der Waals surface area contributed by atoms with Gasteiger partial charge in [-0.25, -0.2) is 9.97 Å². The van der Waals surface area contributed by atoms with Gasteiger partial charge in [0.1, 0.15) is 10.8 Å². The molecule has 274 valence electrons. The van der Waals surface area contributed by atoms with Gasteiger partial charge in [-0.2, -0.15) is 0 Å². The number of nitrogens with zero attached hydrogens (tertiary/aromatic N) is 3. The molecule has 1 aliphatic rings. The molecule has 8 nitrogen and oxygen atoms in total. The third-order valence-corrected chi connectivity index (χ3v) is 10.4. The first-order chi connectivity index (χ1) is 25.4. The van der Waals surface area contributed by atoms with Crippen LogP contribution in [-0.2, 0) is 20.7 Å². The third-order valence-electron chi connectivity index (χ3n) is 8.99. The summed E-state index contributed by atoms with van der Waals surface area (Å²) in [6, 6.07) is 23.7. The van der Waals surface area contributed by atoms with Gasteiger partial charge in [-0.15, -0.1) is 11.3 Å². The Morgan fingerprint density at radius 3 is 2.34 bits per heavy atom. The van der Waals surface area contributed by atoms with E-state index in [0.29, 0.717) is 17.4 Å². The fraction of sp³-hybridized carbons (Fsp3) is 0.326. The van der Waals surface area contributed by atoms with Gasteiger partial charge in [-0.3, -0.25) is 14.6 Å². The predicted molar refractivity (Wildman–Crippen MR) is 216 cm³/mol. The van der Waals surface area contributed by atoms with Crippen molar-refractivity contribution in [3.8, 4) is 33.0 Å². The van der Waals surface area contributed by atoms with Gasteiger partial charge in [-0.1, -0.05) is 49.1 Å². The summed E-state index contributed by atoms with van der Waals surface area (Å²) in [6.07, 6.45) is 7.32. The second-order valence-electron chi connectivity index (χ2n) is 14.4. The van der Waals surface area contributed by atoms with E-state index in [2.05, 4.69) is 17.4 Å². The van der Waals surface area contributed by atoms with Crippen LogP contribution in [0.5, 0.6) is 0 Å². The fourth-order valence-electron chi connectivity index (χ4n) is 6.53. The number of esters is 1. The highest BCUT2D eigenvalue weighted by atomic mass is 35.5. The molecule has 0 aliphatic heterocycles. The van der Waals surface area contributed by atoms with Gasteiger partial charge in [0.05, 0.1) is 40.1 Å². The zero-order valence-corrected chi connectivity index (χ0v) is 32.4. The molecule has 1 amide bonds. The maximum Gasteiger partial charge on any atom is 0.310 e. The number of rotatable bonds is 8. The van der Waals surface area contributed by atoms with Crippen LogP contribution in [0, 0.1) is 12.8 Å². The van der Waals surface area contributed by atoms with Crippen molar-refractivity contribution in [3.05, 3.63) is 95.1 Å². The van der Waals surface area contributed by atoms with Crippen LogP contribution in [0.25, 0.3) is 54.1 Å². The van der Waals surface area contributed by atoms with Crippen molar-refractivity contribution in [2.45, 2.75) is 78.7 Å². The lowest BCUT2D eigenvalue weighted by Gasteiger charge is -2.20. The van der Waals surface area contributed by atoms with E-state index >= 15 is 0 Å². The van der Waals surface area contributed by atoms with E-state index in [1.807, 2.05) is 74.5 Å². The Morgan fingerprint density at radius 2 is 1.62 bits per heavy atom. The topological polar surface area (TPSA) is 114 Å². The molecular formula is C43H45ClN4O4S. The molecule has 0 radical (unpaired) electrons. The zero-order valence-electron chi connectivity index (χ0n) is 30.8. The molecular weight excluding hydrogens is 704 g/mol. The lowest BCUT2D eigenvalue weighted by atomic mass is 9.89. The number of aryl methyl sites for hydroxylation is 1. The third kappa shape index (κ3) is 9.65. The number of thiazole rings is 1. The van der Waals surface area contributed by atoms with Crippen LogP contribution in [0.2, 0.25) is 5.02 Å². The molecule has 0 saturated heterocycles. The summed E-state index contributed by atoms with van der Waals surface area (Å²) < 4.78 is 6.32. The number of pyridine rings is 2.